The van der Waals surface area contributed by atoms with Gasteiger partial charge in [-0.25, -0.2) is 4.98 Å². The molecule has 0 spiro atoms. The molecule has 3 rings (SSSR count). The quantitative estimate of drug-likeness (QED) is 0.788. The predicted octanol–water partition coefficient (Wildman–Crippen LogP) is 3.59. The van der Waals surface area contributed by atoms with E-state index in [9.17, 15) is 4.79 Å². The van der Waals surface area contributed by atoms with Crippen molar-refractivity contribution in [3.8, 4) is 0 Å². The highest BCUT2D eigenvalue weighted by Gasteiger charge is 2.26. The largest absolute Gasteiger partial charge is 0.337 e. The number of pyridine rings is 1. The molecule has 3 heterocycles. The first-order chi connectivity index (χ1) is 9.97. The highest BCUT2D eigenvalue weighted by atomic mass is 79.9. The van der Waals surface area contributed by atoms with E-state index in [1.165, 1.54) is 6.42 Å². The van der Waals surface area contributed by atoms with Crippen LogP contribution in [0.3, 0.4) is 0 Å². The van der Waals surface area contributed by atoms with Crippen molar-refractivity contribution in [3.05, 3.63) is 33.7 Å². The third kappa shape index (κ3) is 2.59. The van der Waals surface area contributed by atoms with Gasteiger partial charge in [0.15, 0.2) is 5.65 Å². The van der Waals surface area contributed by atoms with Gasteiger partial charge in [-0.3, -0.25) is 9.20 Å². The van der Waals surface area contributed by atoms with Gasteiger partial charge in [0, 0.05) is 19.3 Å². The van der Waals surface area contributed by atoms with Gasteiger partial charge in [-0.05, 0) is 60.2 Å². The molecule has 0 saturated carbocycles. The number of carbonyl (C=O) groups is 1. The summed E-state index contributed by atoms with van der Waals surface area (Å²) in [5.74, 6) is 0.680. The van der Waals surface area contributed by atoms with Crippen molar-refractivity contribution in [2.24, 2.45) is 5.92 Å². The minimum atomic E-state index is 0.101. The Balaban J connectivity index is 2.07. The van der Waals surface area contributed by atoms with Crippen molar-refractivity contribution in [2.45, 2.75) is 33.6 Å². The lowest BCUT2D eigenvalue weighted by molar-refractivity contribution is 0.0675. The molecule has 4 nitrogen and oxygen atoms in total. The van der Waals surface area contributed by atoms with Crippen LogP contribution >= 0.6 is 15.9 Å². The number of carbonyl (C=O) groups excluding carboxylic acids is 1. The zero-order valence-corrected chi connectivity index (χ0v) is 14.3. The molecule has 1 amide bonds. The van der Waals surface area contributed by atoms with Crippen LogP contribution in [0.2, 0.25) is 0 Å². The van der Waals surface area contributed by atoms with Crippen molar-refractivity contribution in [2.75, 3.05) is 13.1 Å². The number of imidazole rings is 1. The Hall–Kier alpha value is -1.36. The summed E-state index contributed by atoms with van der Waals surface area (Å²) in [6.07, 6.45) is 4.28. The van der Waals surface area contributed by atoms with Crippen molar-refractivity contribution in [1.82, 2.24) is 14.3 Å². The fourth-order valence-electron chi connectivity index (χ4n) is 3.13. The van der Waals surface area contributed by atoms with Crippen LogP contribution in [0, 0.1) is 19.8 Å². The normalized spacial score (nSPS) is 19.2. The smallest absolute Gasteiger partial charge is 0.272 e. The molecule has 1 aliphatic rings. The molecule has 0 aromatic carbocycles. The summed E-state index contributed by atoms with van der Waals surface area (Å²) in [7, 11) is 0. The number of halogens is 1. The monoisotopic (exact) mass is 349 g/mol. The lowest BCUT2D eigenvalue weighted by atomic mass is 10.00. The number of nitrogens with zero attached hydrogens (tertiary/aromatic N) is 3. The van der Waals surface area contributed by atoms with Crippen LogP contribution in [-0.4, -0.2) is 33.3 Å². The Labute approximate surface area is 133 Å². The Kier molecular flexibility index (Phi) is 3.78. The second kappa shape index (κ2) is 5.44. The maximum atomic E-state index is 12.9. The molecular weight excluding hydrogens is 330 g/mol. The molecule has 2 aromatic heterocycles. The van der Waals surface area contributed by atoms with Gasteiger partial charge in [-0.2, -0.15) is 0 Å². The number of amides is 1. The molecule has 2 aromatic rings. The number of aryl methyl sites for hydroxylation is 2. The third-order valence-electron chi connectivity index (χ3n) is 4.13. The van der Waals surface area contributed by atoms with Crippen LogP contribution in [-0.2, 0) is 0 Å². The summed E-state index contributed by atoms with van der Waals surface area (Å²) in [5.41, 5.74) is 3.41. The zero-order chi connectivity index (χ0) is 15.1. The summed E-state index contributed by atoms with van der Waals surface area (Å²) < 4.78 is 2.85. The number of hydrogen-bond acceptors (Lipinski definition) is 2. The maximum Gasteiger partial charge on any atom is 0.272 e. The zero-order valence-electron chi connectivity index (χ0n) is 12.7. The number of aromatic nitrogens is 2. The molecule has 1 aliphatic heterocycles. The Morgan fingerprint density at radius 2 is 2.19 bits per heavy atom. The van der Waals surface area contributed by atoms with Crippen molar-refractivity contribution in [1.29, 1.82) is 0 Å². The third-order valence-corrected chi connectivity index (χ3v) is 4.72. The van der Waals surface area contributed by atoms with E-state index >= 15 is 0 Å². The van der Waals surface area contributed by atoms with E-state index in [4.69, 9.17) is 0 Å². The molecule has 112 valence electrons. The summed E-state index contributed by atoms with van der Waals surface area (Å²) >= 11 is 3.54. The van der Waals surface area contributed by atoms with Gasteiger partial charge in [0.2, 0.25) is 0 Å². The van der Waals surface area contributed by atoms with Crippen LogP contribution in [0.25, 0.3) is 5.65 Å². The summed E-state index contributed by atoms with van der Waals surface area (Å²) in [6.45, 7) is 7.84. The molecule has 1 atom stereocenters. The second-order valence-corrected chi connectivity index (χ2v) is 6.96. The Bertz CT molecular complexity index is 707. The van der Waals surface area contributed by atoms with Crippen LogP contribution < -0.4 is 0 Å². The first-order valence-corrected chi connectivity index (χ1v) is 8.20. The fourth-order valence-corrected chi connectivity index (χ4v) is 3.77. The van der Waals surface area contributed by atoms with Crippen molar-refractivity contribution in [3.63, 3.8) is 0 Å². The summed E-state index contributed by atoms with van der Waals surface area (Å²) in [6, 6.07) is 2.03. The highest BCUT2D eigenvalue weighted by molar-refractivity contribution is 9.10. The number of fused-ring (bicyclic) bond motifs is 1. The lowest BCUT2D eigenvalue weighted by Crippen LogP contribution is -2.39. The molecule has 1 fully saturated rings. The van der Waals surface area contributed by atoms with Crippen LogP contribution in [0.4, 0.5) is 0 Å². The molecule has 0 bridgehead atoms. The van der Waals surface area contributed by atoms with Gasteiger partial charge >= 0.3 is 0 Å². The first kappa shape index (κ1) is 14.6. The van der Waals surface area contributed by atoms with E-state index in [-0.39, 0.29) is 5.91 Å². The molecule has 0 aliphatic carbocycles. The van der Waals surface area contributed by atoms with E-state index in [0.717, 1.165) is 40.9 Å². The number of hydrogen-bond donors (Lipinski definition) is 0. The van der Waals surface area contributed by atoms with E-state index in [1.54, 1.807) is 0 Å². The van der Waals surface area contributed by atoms with E-state index in [1.807, 2.05) is 35.4 Å². The predicted molar refractivity (Wildman–Crippen MR) is 86.7 cm³/mol. The average Bonchev–Trinajstić information content (AvgIpc) is 2.74. The minimum absolute atomic E-state index is 0.101. The van der Waals surface area contributed by atoms with Crippen molar-refractivity contribution >= 4 is 27.5 Å². The van der Waals surface area contributed by atoms with Gasteiger partial charge in [0.05, 0.1) is 10.2 Å². The molecular formula is C16H20BrN3O. The molecule has 1 saturated heterocycles. The van der Waals surface area contributed by atoms with E-state index < -0.39 is 0 Å². The number of piperidine rings is 1. The molecule has 1 unspecified atom stereocenters. The van der Waals surface area contributed by atoms with E-state index in [2.05, 4.69) is 27.8 Å². The summed E-state index contributed by atoms with van der Waals surface area (Å²) in [5, 5.41) is 0. The Morgan fingerprint density at radius 1 is 1.43 bits per heavy atom. The van der Waals surface area contributed by atoms with Gasteiger partial charge in [-0.15, -0.1) is 0 Å². The lowest BCUT2D eigenvalue weighted by Gasteiger charge is -2.30. The fraction of sp³-hybridized carbons (Fsp3) is 0.500. The molecule has 5 heteroatoms. The van der Waals surface area contributed by atoms with Crippen LogP contribution in [0.15, 0.2) is 16.7 Å². The first-order valence-electron chi connectivity index (χ1n) is 7.41. The van der Waals surface area contributed by atoms with Crippen LogP contribution in [0.1, 0.15) is 41.5 Å². The second-order valence-electron chi connectivity index (χ2n) is 6.10. The van der Waals surface area contributed by atoms with Gasteiger partial charge in [0.1, 0.15) is 5.69 Å². The molecule has 0 radical (unpaired) electrons. The summed E-state index contributed by atoms with van der Waals surface area (Å²) in [4.78, 5) is 19.4. The minimum Gasteiger partial charge on any atom is -0.337 e. The van der Waals surface area contributed by atoms with E-state index in [0.29, 0.717) is 11.6 Å². The van der Waals surface area contributed by atoms with Crippen LogP contribution in [0.5, 0.6) is 0 Å². The highest BCUT2D eigenvalue weighted by Crippen LogP contribution is 2.24. The van der Waals surface area contributed by atoms with Crippen molar-refractivity contribution < 1.29 is 4.79 Å². The maximum absolute atomic E-state index is 12.9. The van der Waals surface area contributed by atoms with Gasteiger partial charge in [0.25, 0.3) is 5.91 Å². The number of rotatable bonds is 1. The SMILES string of the molecule is Cc1cc(Br)c2nc(C)c(C(=O)N3CCCC(C)C3)n2c1. The Morgan fingerprint density at radius 3 is 2.90 bits per heavy atom. The molecule has 21 heavy (non-hydrogen) atoms. The molecule has 0 N–H and O–H groups in total. The topological polar surface area (TPSA) is 37.6 Å². The standard InChI is InChI=1S/C16H20BrN3O/c1-10-5-4-6-19(8-10)16(21)14-12(3)18-15-13(17)7-11(2)9-20(14)15/h7,9-10H,4-6,8H2,1-3H3. The van der Waals surface area contributed by atoms with Gasteiger partial charge < -0.3 is 4.90 Å². The average molecular weight is 350 g/mol. The van der Waals surface area contributed by atoms with Gasteiger partial charge in [-0.1, -0.05) is 6.92 Å². The number of likely N-dealkylation sites (tertiary alicyclic amines) is 1.